The zero-order valence-corrected chi connectivity index (χ0v) is 29.2. The van der Waals surface area contributed by atoms with Crippen molar-refractivity contribution >= 4 is 27.0 Å². The van der Waals surface area contributed by atoms with Gasteiger partial charge in [-0.3, -0.25) is 19.2 Å². The van der Waals surface area contributed by atoms with Crippen molar-refractivity contribution in [2.75, 3.05) is 65.8 Å². The number of esters is 1. The summed E-state index contributed by atoms with van der Waals surface area (Å²) in [6.07, 6.45) is -0.132. The molecular weight excluding hydrogens is 700 g/mol. The summed E-state index contributed by atoms with van der Waals surface area (Å²) in [5.74, 6) is -0.0725. The number of carbonyl (C=O) groups excluding carboxylic acids is 1. The van der Waals surface area contributed by atoms with E-state index in [1.165, 1.54) is 21.1 Å². The molecule has 51 heavy (non-hydrogen) atoms. The summed E-state index contributed by atoms with van der Waals surface area (Å²) in [6.45, 7) is 4.25. The maximum Gasteiger partial charge on any atom is 0.308 e. The Bertz CT molecular complexity index is 1860. The van der Waals surface area contributed by atoms with E-state index in [4.69, 9.17) is 19.2 Å². The Hall–Kier alpha value is -4.93. The van der Waals surface area contributed by atoms with Gasteiger partial charge in [-0.05, 0) is 31.5 Å². The highest BCUT2D eigenvalue weighted by Crippen LogP contribution is 2.32. The molecule has 1 N–H and O–H groups in total. The van der Waals surface area contributed by atoms with Crippen molar-refractivity contribution in [1.82, 2.24) is 29.0 Å². The summed E-state index contributed by atoms with van der Waals surface area (Å²) in [6, 6.07) is 4.45. The largest absolute Gasteiger partial charge is 0.493 e. The Morgan fingerprint density at radius 2 is 1.82 bits per heavy atom. The molecule has 1 aliphatic heterocycles. The average Bonchev–Trinajstić information content (AvgIpc) is 3.40. The molecule has 3 aromatic rings. The van der Waals surface area contributed by atoms with E-state index < -0.39 is 51.0 Å². The lowest BCUT2D eigenvalue weighted by atomic mass is 10.1. The molecule has 3 heterocycles. The van der Waals surface area contributed by atoms with Crippen molar-refractivity contribution in [3.63, 3.8) is 0 Å². The van der Waals surface area contributed by atoms with Gasteiger partial charge in [0.1, 0.15) is 30.3 Å². The maximum atomic E-state index is 13.8. The molecule has 21 nitrogen and oxygen atoms in total. The van der Waals surface area contributed by atoms with Gasteiger partial charge >= 0.3 is 5.97 Å². The molecule has 1 aromatic carbocycles. The van der Waals surface area contributed by atoms with Gasteiger partial charge in [0.25, 0.3) is 15.7 Å². The summed E-state index contributed by atoms with van der Waals surface area (Å²) in [5, 5.41) is 23.0. The number of aryl methyl sites for hydroxylation is 2. The summed E-state index contributed by atoms with van der Waals surface area (Å²) in [5.41, 5.74) is 1.35. The fourth-order valence-corrected chi connectivity index (χ4v) is 6.81. The molecule has 1 fully saturated rings. The molecule has 0 amide bonds. The van der Waals surface area contributed by atoms with E-state index in [9.17, 15) is 38.2 Å². The standard InChI is InChI=1S/C29H40N8O13S/c1-4-6-23-26-27(33(3)32-23)29(39)31-28(30-26)22-17-21(7-8-24(22)47-5-2)51(44,45)35-12-10-34(11-13-35)14-16-48-25(38)9-15-46-18-20(50-37(42)43)19-49-36(40)41/h7-8,17,20H,4-6,9-16,18-19H2,1-3H3,(H,30,31,39). The van der Waals surface area contributed by atoms with Crippen molar-refractivity contribution < 1.29 is 47.3 Å². The Labute approximate surface area is 291 Å². The molecule has 1 unspecified atom stereocenters. The van der Waals surface area contributed by atoms with Gasteiger partial charge in [0.05, 0.1) is 42.4 Å². The first kappa shape index (κ1) is 38.9. The van der Waals surface area contributed by atoms with Gasteiger partial charge in [-0.15, -0.1) is 20.2 Å². The van der Waals surface area contributed by atoms with E-state index in [0.29, 0.717) is 60.7 Å². The van der Waals surface area contributed by atoms with E-state index >= 15 is 0 Å². The van der Waals surface area contributed by atoms with Crippen LogP contribution in [0.5, 0.6) is 5.75 Å². The first-order valence-electron chi connectivity index (χ1n) is 16.1. The fourth-order valence-electron chi connectivity index (χ4n) is 5.36. The van der Waals surface area contributed by atoms with Crippen LogP contribution in [-0.4, -0.2) is 125 Å². The van der Waals surface area contributed by atoms with E-state index in [1.807, 2.05) is 11.8 Å². The smallest absolute Gasteiger partial charge is 0.308 e. The summed E-state index contributed by atoms with van der Waals surface area (Å²) in [4.78, 5) is 63.7. The number of piperazine rings is 1. The predicted octanol–water partition coefficient (Wildman–Crippen LogP) is 0.716. The number of benzene rings is 1. The average molecular weight is 741 g/mol. The molecule has 22 heteroatoms. The van der Waals surface area contributed by atoms with Crippen molar-refractivity contribution in [2.24, 2.45) is 7.05 Å². The van der Waals surface area contributed by atoms with Gasteiger partial charge in [0.15, 0.2) is 11.6 Å². The highest BCUT2D eigenvalue weighted by Gasteiger charge is 2.30. The lowest BCUT2D eigenvalue weighted by Crippen LogP contribution is -2.49. The van der Waals surface area contributed by atoms with E-state index in [0.717, 1.165) is 6.42 Å². The van der Waals surface area contributed by atoms with Crippen LogP contribution in [0.1, 0.15) is 32.4 Å². The zero-order chi connectivity index (χ0) is 37.1. The van der Waals surface area contributed by atoms with E-state index in [-0.39, 0.29) is 43.4 Å². The number of rotatable bonds is 20. The van der Waals surface area contributed by atoms with Crippen LogP contribution in [-0.2, 0) is 47.4 Å². The van der Waals surface area contributed by atoms with Crippen molar-refractivity contribution in [2.45, 2.75) is 44.1 Å². The van der Waals surface area contributed by atoms with Crippen LogP contribution < -0.4 is 10.3 Å². The third-order valence-electron chi connectivity index (χ3n) is 7.75. The van der Waals surface area contributed by atoms with Crippen LogP contribution in [0.15, 0.2) is 27.9 Å². The second-order valence-corrected chi connectivity index (χ2v) is 13.2. The van der Waals surface area contributed by atoms with Crippen LogP contribution in [0.3, 0.4) is 0 Å². The van der Waals surface area contributed by atoms with Gasteiger partial charge in [-0.2, -0.15) is 9.40 Å². The molecule has 0 bridgehead atoms. The summed E-state index contributed by atoms with van der Waals surface area (Å²) >= 11 is 0. The maximum absolute atomic E-state index is 13.8. The number of hydrogen-bond acceptors (Lipinski definition) is 16. The van der Waals surface area contributed by atoms with E-state index in [1.54, 1.807) is 20.0 Å². The quantitative estimate of drug-likeness (QED) is 0.0724. The van der Waals surface area contributed by atoms with Crippen LogP contribution in [0.2, 0.25) is 0 Å². The van der Waals surface area contributed by atoms with Crippen molar-refractivity contribution in [3.05, 3.63) is 54.5 Å². The van der Waals surface area contributed by atoms with E-state index in [2.05, 4.69) is 19.8 Å². The second kappa shape index (κ2) is 17.8. The lowest BCUT2D eigenvalue weighted by Gasteiger charge is -2.33. The van der Waals surface area contributed by atoms with Crippen LogP contribution >= 0.6 is 0 Å². The van der Waals surface area contributed by atoms with Crippen LogP contribution in [0.4, 0.5) is 0 Å². The number of carbonyl (C=O) groups is 1. The molecule has 0 spiro atoms. The van der Waals surface area contributed by atoms with Crippen LogP contribution in [0.25, 0.3) is 22.4 Å². The Kier molecular flexibility index (Phi) is 13.6. The van der Waals surface area contributed by atoms with Gasteiger partial charge in [-0.1, -0.05) is 13.3 Å². The normalized spacial score (nSPS) is 14.6. The molecule has 1 saturated heterocycles. The molecule has 280 valence electrons. The van der Waals surface area contributed by atoms with Gasteiger partial charge in [0.2, 0.25) is 10.0 Å². The number of nitrogens with one attached hydrogen (secondary N) is 1. The third-order valence-corrected chi connectivity index (χ3v) is 9.64. The first-order chi connectivity index (χ1) is 24.3. The minimum absolute atomic E-state index is 0.00911. The highest BCUT2D eigenvalue weighted by molar-refractivity contribution is 7.89. The van der Waals surface area contributed by atoms with Crippen molar-refractivity contribution in [3.8, 4) is 17.1 Å². The first-order valence-corrected chi connectivity index (χ1v) is 17.5. The topological polar surface area (TPSA) is 254 Å². The number of aromatic amines is 1. The zero-order valence-electron chi connectivity index (χ0n) is 28.3. The molecule has 2 aromatic heterocycles. The minimum atomic E-state index is -3.95. The molecule has 4 rings (SSSR count). The molecule has 0 radical (unpaired) electrons. The summed E-state index contributed by atoms with van der Waals surface area (Å²) in [7, 11) is -2.28. The number of H-pyrrole nitrogens is 1. The van der Waals surface area contributed by atoms with Gasteiger partial charge < -0.3 is 28.9 Å². The molecule has 1 atom stereocenters. The number of aromatic nitrogens is 4. The third kappa shape index (κ3) is 10.3. The van der Waals surface area contributed by atoms with Gasteiger partial charge in [-0.25, -0.2) is 13.4 Å². The van der Waals surface area contributed by atoms with Gasteiger partial charge in [0, 0.05) is 39.8 Å². The number of sulfonamides is 1. The fraction of sp³-hybridized carbons (Fsp3) is 0.586. The minimum Gasteiger partial charge on any atom is -0.493 e. The number of nitrogens with zero attached hydrogens (tertiary/aromatic N) is 7. The Morgan fingerprint density at radius 3 is 2.49 bits per heavy atom. The number of hydrogen-bond donors (Lipinski definition) is 1. The monoisotopic (exact) mass is 740 g/mol. The molecule has 0 aliphatic carbocycles. The molecular formula is C29H40N8O13S. The highest BCUT2D eigenvalue weighted by atomic mass is 32.2. The molecule has 1 aliphatic rings. The number of fused-ring (bicyclic) bond motifs is 1. The molecule has 0 saturated carbocycles. The van der Waals surface area contributed by atoms with Crippen molar-refractivity contribution in [1.29, 1.82) is 0 Å². The Balaban J connectivity index is 1.32. The second-order valence-electron chi connectivity index (χ2n) is 11.3. The van der Waals surface area contributed by atoms with Crippen LogP contribution in [0, 0.1) is 20.2 Å². The SMILES string of the molecule is CCCc1nn(C)c2c(=O)[nH]c(-c3cc(S(=O)(=O)N4CCN(CCOC(=O)CCOCC(CO[N+](=O)[O-])O[N+](=O)[O-])CC4)ccc3OCC)nc12. The number of ether oxygens (including phenoxy) is 3. The predicted molar refractivity (Wildman–Crippen MR) is 176 cm³/mol. The Morgan fingerprint density at radius 1 is 1.08 bits per heavy atom. The summed E-state index contributed by atoms with van der Waals surface area (Å²) < 4.78 is 46.5. The lowest BCUT2D eigenvalue weighted by molar-refractivity contribution is -0.790.